The molecular weight excluding hydrogens is 282 g/mol. The van der Waals surface area contributed by atoms with Crippen LogP contribution in [0.15, 0.2) is 6.33 Å². The van der Waals surface area contributed by atoms with E-state index in [1.807, 2.05) is 11.9 Å². The molecule has 0 saturated carbocycles. The van der Waals surface area contributed by atoms with Crippen LogP contribution >= 0.6 is 11.6 Å². The van der Waals surface area contributed by atoms with E-state index < -0.39 is 4.92 Å². The summed E-state index contributed by atoms with van der Waals surface area (Å²) in [5.74, 6) is 0.296. The van der Waals surface area contributed by atoms with Crippen molar-refractivity contribution in [3.63, 3.8) is 0 Å². The van der Waals surface area contributed by atoms with Gasteiger partial charge in [0.1, 0.15) is 6.33 Å². The van der Waals surface area contributed by atoms with Gasteiger partial charge in [0.05, 0.1) is 4.92 Å². The summed E-state index contributed by atoms with van der Waals surface area (Å²) in [6, 6.07) is 0.238. The molecule has 2 rings (SSSR count). The van der Waals surface area contributed by atoms with Gasteiger partial charge >= 0.3 is 5.69 Å². The van der Waals surface area contributed by atoms with Crippen molar-refractivity contribution in [3.8, 4) is 0 Å². The van der Waals surface area contributed by atoms with Crippen molar-refractivity contribution in [2.75, 3.05) is 31.6 Å². The third-order valence-electron chi connectivity index (χ3n) is 3.83. The van der Waals surface area contributed by atoms with Crippen molar-refractivity contribution in [3.05, 3.63) is 21.6 Å². The Bertz CT molecular complexity index is 491. The van der Waals surface area contributed by atoms with E-state index in [0.717, 1.165) is 32.5 Å². The average molecular weight is 300 g/mol. The number of piperidine rings is 1. The van der Waals surface area contributed by atoms with Crippen molar-refractivity contribution < 1.29 is 4.92 Å². The van der Waals surface area contributed by atoms with E-state index in [9.17, 15) is 10.1 Å². The van der Waals surface area contributed by atoms with Gasteiger partial charge in [0.25, 0.3) is 0 Å². The summed E-state index contributed by atoms with van der Waals surface area (Å²) in [4.78, 5) is 22.6. The fraction of sp³-hybridized carbons (Fsp3) is 0.667. The normalized spacial score (nSPS) is 17.1. The number of nitrogens with zero attached hydrogens (tertiary/aromatic N) is 5. The Morgan fingerprint density at radius 3 is 2.70 bits per heavy atom. The molecule has 20 heavy (non-hydrogen) atoms. The maximum atomic E-state index is 11.1. The van der Waals surface area contributed by atoms with Gasteiger partial charge in [-0.15, -0.1) is 0 Å². The molecule has 0 unspecified atom stereocenters. The van der Waals surface area contributed by atoms with E-state index >= 15 is 0 Å². The largest absolute Gasteiger partial charge is 0.351 e. The van der Waals surface area contributed by atoms with E-state index in [-0.39, 0.29) is 16.9 Å². The lowest BCUT2D eigenvalue weighted by Gasteiger charge is -2.36. The molecule has 1 saturated heterocycles. The zero-order valence-corrected chi connectivity index (χ0v) is 12.4. The Labute approximate surface area is 122 Å². The first-order chi connectivity index (χ1) is 9.54. The number of anilines is 1. The van der Waals surface area contributed by atoms with E-state index in [1.54, 1.807) is 0 Å². The monoisotopic (exact) mass is 299 g/mol. The SMILES string of the molecule is CCN1CCC(N(C)c2ncnc(Cl)c2[N+](=O)[O-])CC1. The summed E-state index contributed by atoms with van der Waals surface area (Å²) in [6.07, 6.45) is 3.19. The van der Waals surface area contributed by atoms with Crippen LogP contribution in [0.1, 0.15) is 19.8 Å². The topological polar surface area (TPSA) is 75.4 Å². The lowest BCUT2D eigenvalue weighted by Crippen LogP contribution is -2.43. The summed E-state index contributed by atoms with van der Waals surface area (Å²) in [7, 11) is 1.83. The first-order valence-corrected chi connectivity index (χ1v) is 7.02. The van der Waals surface area contributed by atoms with Gasteiger partial charge in [-0.25, -0.2) is 9.97 Å². The van der Waals surface area contributed by atoms with Gasteiger partial charge in [0, 0.05) is 26.2 Å². The van der Waals surface area contributed by atoms with E-state index in [0.29, 0.717) is 5.82 Å². The molecule has 1 aromatic rings. The molecule has 0 spiro atoms. The molecule has 1 aromatic heterocycles. The molecule has 0 N–H and O–H groups in total. The van der Waals surface area contributed by atoms with Crippen LogP contribution in [0.4, 0.5) is 11.5 Å². The quantitative estimate of drug-likeness (QED) is 0.480. The Balaban J connectivity index is 2.20. The number of halogens is 1. The Kier molecular flexibility index (Phi) is 4.72. The molecule has 0 atom stereocenters. The minimum atomic E-state index is -0.519. The molecule has 0 aromatic carbocycles. The Hall–Kier alpha value is -1.47. The number of nitro groups is 1. The molecular formula is C12H18ClN5O2. The molecule has 0 bridgehead atoms. The molecule has 0 radical (unpaired) electrons. The standard InChI is InChI=1S/C12H18ClN5O2/c1-3-17-6-4-9(5-7-17)16(2)12-10(18(19)20)11(13)14-8-15-12/h8-9H,3-7H2,1-2H3. The van der Waals surface area contributed by atoms with Crippen LogP contribution in [-0.4, -0.2) is 52.5 Å². The maximum absolute atomic E-state index is 11.1. The summed E-state index contributed by atoms with van der Waals surface area (Å²) < 4.78 is 0. The number of hydrogen-bond acceptors (Lipinski definition) is 6. The smallest absolute Gasteiger partial charge is 0.348 e. The summed E-state index contributed by atoms with van der Waals surface area (Å²) in [5.41, 5.74) is -0.213. The van der Waals surface area contributed by atoms with E-state index in [2.05, 4.69) is 21.8 Å². The van der Waals surface area contributed by atoms with Gasteiger partial charge in [-0.2, -0.15) is 0 Å². The van der Waals surface area contributed by atoms with Crippen molar-refractivity contribution in [2.24, 2.45) is 0 Å². The molecule has 1 fully saturated rings. The predicted molar refractivity (Wildman–Crippen MR) is 77.2 cm³/mol. The third-order valence-corrected chi connectivity index (χ3v) is 4.10. The second-order valence-electron chi connectivity index (χ2n) is 4.87. The molecule has 0 amide bonds. The number of aromatic nitrogens is 2. The van der Waals surface area contributed by atoms with Crippen LogP contribution in [0.25, 0.3) is 0 Å². The minimum Gasteiger partial charge on any atom is -0.351 e. The first-order valence-electron chi connectivity index (χ1n) is 6.64. The van der Waals surface area contributed by atoms with Crippen molar-refractivity contribution >= 4 is 23.1 Å². The molecule has 8 heteroatoms. The molecule has 1 aliphatic heterocycles. The molecule has 110 valence electrons. The predicted octanol–water partition coefficient (Wildman–Crippen LogP) is 1.96. The van der Waals surface area contributed by atoms with E-state index in [1.165, 1.54) is 6.33 Å². The van der Waals surface area contributed by atoms with Crippen LogP contribution in [0, 0.1) is 10.1 Å². The van der Waals surface area contributed by atoms with Gasteiger partial charge in [0.15, 0.2) is 0 Å². The van der Waals surface area contributed by atoms with Crippen LogP contribution in [0.3, 0.4) is 0 Å². The fourth-order valence-electron chi connectivity index (χ4n) is 2.56. The number of rotatable bonds is 4. The highest BCUT2D eigenvalue weighted by Crippen LogP contribution is 2.33. The average Bonchev–Trinajstić information content (AvgIpc) is 2.46. The highest BCUT2D eigenvalue weighted by Gasteiger charge is 2.29. The number of likely N-dealkylation sites (tertiary alicyclic amines) is 1. The van der Waals surface area contributed by atoms with Crippen molar-refractivity contribution in [2.45, 2.75) is 25.8 Å². The van der Waals surface area contributed by atoms with Crippen LogP contribution in [0.5, 0.6) is 0 Å². The third kappa shape index (κ3) is 2.99. The zero-order valence-electron chi connectivity index (χ0n) is 11.6. The van der Waals surface area contributed by atoms with Crippen molar-refractivity contribution in [1.82, 2.24) is 14.9 Å². The second-order valence-corrected chi connectivity index (χ2v) is 5.23. The second kappa shape index (κ2) is 6.32. The minimum absolute atomic E-state index is 0.113. The summed E-state index contributed by atoms with van der Waals surface area (Å²) in [5, 5.41) is 11.0. The van der Waals surface area contributed by atoms with Gasteiger partial charge in [0.2, 0.25) is 11.0 Å². The van der Waals surface area contributed by atoms with Gasteiger partial charge < -0.3 is 9.80 Å². The Morgan fingerprint density at radius 2 is 2.15 bits per heavy atom. The van der Waals surface area contributed by atoms with Gasteiger partial charge in [-0.1, -0.05) is 18.5 Å². The molecule has 0 aliphatic carbocycles. The van der Waals surface area contributed by atoms with Gasteiger partial charge in [-0.05, 0) is 19.4 Å². The van der Waals surface area contributed by atoms with Crippen LogP contribution < -0.4 is 4.90 Å². The highest BCUT2D eigenvalue weighted by molar-refractivity contribution is 6.31. The van der Waals surface area contributed by atoms with Crippen LogP contribution in [-0.2, 0) is 0 Å². The molecule has 2 heterocycles. The lowest BCUT2D eigenvalue weighted by atomic mass is 10.0. The first kappa shape index (κ1) is 14.9. The van der Waals surface area contributed by atoms with Crippen LogP contribution in [0.2, 0.25) is 5.15 Å². The summed E-state index contributed by atoms with van der Waals surface area (Å²) >= 11 is 5.83. The highest BCUT2D eigenvalue weighted by atomic mass is 35.5. The zero-order chi connectivity index (χ0) is 14.7. The fourth-order valence-corrected chi connectivity index (χ4v) is 2.76. The van der Waals surface area contributed by atoms with Gasteiger partial charge in [-0.3, -0.25) is 10.1 Å². The maximum Gasteiger partial charge on any atom is 0.348 e. The molecule has 7 nitrogen and oxygen atoms in total. The molecule has 1 aliphatic rings. The number of hydrogen-bond donors (Lipinski definition) is 0. The Morgan fingerprint density at radius 1 is 1.50 bits per heavy atom. The lowest BCUT2D eigenvalue weighted by molar-refractivity contribution is -0.384. The van der Waals surface area contributed by atoms with Crippen molar-refractivity contribution in [1.29, 1.82) is 0 Å². The van der Waals surface area contributed by atoms with E-state index in [4.69, 9.17) is 11.6 Å². The summed E-state index contributed by atoms with van der Waals surface area (Å²) in [6.45, 7) is 5.17.